The zero-order valence-corrected chi connectivity index (χ0v) is 11.6. The van der Waals surface area contributed by atoms with Crippen LogP contribution in [0.3, 0.4) is 0 Å². The van der Waals surface area contributed by atoms with E-state index in [1.54, 1.807) is 0 Å². The van der Waals surface area contributed by atoms with E-state index in [-0.39, 0.29) is 11.5 Å². The van der Waals surface area contributed by atoms with E-state index < -0.39 is 0 Å². The molecule has 0 fully saturated rings. The molecule has 0 heterocycles. The molecule has 1 aliphatic rings. The van der Waals surface area contributed by atoms with Crippen molar-refractivity contribution in [1.29, 1.82) is 0 Å². The normalized spacial score (nSPS) is 19.9. The maximum atomic E-state index is 12.0. The van der Waals surface area contributed by atoms with E-state index in [1.807, 2.05) is 0 Å². The smallest absolute Gasteiger partial charge is 0.135 e. The van der Waals surface area contributed by atoms with Gasteiger partial charge in [0.05, 0.1) is 0 Å². The molecule has 2 atom stereocenters. The van der Waals surface area contributed by atoms with Crippen molar-refractivity contribution < 1.29 is 4.79 Å². The van der Waals surface area contributed by atoms with Crippen molar-refractivity contribution in [2.24, 2.45) is 11.1 Å². The second kappa shape index (κ2) is 4.85. The van der Waals surface area contributed by atoms with Crippen LogP contribution in [0.4, 0.5) is 0 Å². The predicted molar refractivity (Wildman–Crippen MR) is 74.6 cm³/mol. The zero-order valence-electron chi connectivity index (χ0n) is 11.6. The van der Waals surface area contributed by atoms with Crippen LogP contribution in [0, 0.1) is 5.41 Å². The first-order chi connectivity index (χ1) is 8.38. The molecule has 2 heteroatoms. The second-order valence-corrected chi connectivity index (χ2v) is 6.52. The van der Waals surface area contributed by atoms with Gasteiger partial charge in [-0.2, -0.15) is 0 Å². The number of nitrogens with two attached hydrogens (primary N) is 1. The van der Waals surface area contributed by atoms with Crippen LogP contribution >= 0.6 is 0 Å². The Morgan fingerprint density at radius 3 is 2.67 bits per heavy atom. The molecular weight excluding hydrogens is 222 g/mol. The van der Waals surface area contributed by atoms with Crippen LogP contribution in [0.1, 0.15) is 50.7 Å². The Morgan fingerprint density at radius 1 is 1.39 bits per heavy atom. The van der Waals surface area contributed by atoms with E-state index in [2.05, 4.69) is 45.0 Å². The van der Waals surface area contributed by atoms with Crippen LogP contribution in [0.2, 0.25) is 0 Å². The number of Topliss-reactive ketones (excluding diaryl/α,β-unsaturated/α-hetero) is 1. The van der Waals surface area contributed by atoms with Gasteiger partial charge < -0.3 is 5.73 Å². The van der Waals surface area contributed by atoms with E-state index in [1.165, 1.54) is 11.1 Å². The highest BCUT2D eigenvalue weighted by Gasteiger charge is 2.29. The second-order valence-electron chi connectivity index (χ2n) is 6.52. The molecule has 1 aliphatic carbocycles. The van der Waals surface area contributed by atoms with E-state index in [0.717, 1.165) is 6.42 Å². The summed E-state index contributed by atoms with van der Waals surface area (Å²) in [5, 5.41) is 0. The van der Waals surface area contributed by atoms with Gasteiger partial charge in [0.1, 0.15) is 5.78 Å². The highest BCUT2D eigenvalue weighted by Crippen LogP contribution is 2.37. The molecule has 0 amide bonds. The summed E-state index contributed by atoms with van der Waals surface area (Å²) in [6, 6.07) is 8.36. The van der Waals surface area contributed by atoms with E-state index in [4.69, 9.17) is 5.73 Å². The highest BCUT2D eigenvalue weighted by atomic mass is 16.1. The Kier molecular flexibility index (Phi) is 3.58. The van der Waals surface area contributed by atoms with Gasteiger partial charge in [0, 0.05) is 18.9 Å². The molecule has 0 spiro atoms. The molecule has 0 bridgehead atoms. The summed E-state index contributed by atoms with van der Waals surface area (Å²) in [6.45, 7) is 6.26. The molecular formula is C16H23NO. The molecule has 2 nitrogen and oxygen atoms in total. The summed E-state index contributed by atoms with van der Waals surface area (Å²) in [7, 11) is 0. The fourth-order valence-electron chi connectivity index (χ4n) is 2.45. The number of carbonyl (C=O) groups excluding carboxylic acids is 1. The molecule has 18 heavy (non-hydrogen) atoms. The van der Waals surface area contributed by atoms with Crippen molar-refractivity contribution in [3.05, 3.63) is 35.4 Å². The molecule has 2 rings (SSSR count). The lowest BCUT2D eigenvalue weighted by atomic mass is 9.74. The minimum absolute atomic E-state index is 0.00712. The number of fused-ring (bicyclic) bond motifs is 1. The predicted octanol–water partition coefficient (Wildman–Crippen LogP) is 3.05. The molecule has 2 N–H and O–H groups in total. The van der Waals surface area contributed by atoms with Gasteiger partial charge in [-0.25, -0.2) is 0 Å². The van der Waals surface area contributed by atoms with Crippen LogP contribution in [0.15, 0.2) is 24.3 Å². The van der Waals surface area contributed by atoms with Crippen molar-refractivity contribution >= 4 is 5.78 Å². The lowest BCUT2D eigenvalue weighted by Crippen LogP contribution is -2.37. The van der Waals surface area contributed by atoms with Gasteiger partial charge in [-0.3, -0.25) is 4.79 Å². The first-order valence-corrected chi connectivity index (χ1v) is 6.73. The maximum absolute atomic E-state index is 12.0. The summed E-state index contributed by atoms with van der Waals surface area (Å²) < 4.78 is 0. The Morgan fingerprint density at radius 2 is 2.06 bits per heavy atom. The number of carbonyl (C=O) groups is 1. The quantitative estimate of drug-likeness (QED) is 0.886. The molecule has 0 saturated carbocycles. The first kappa shape index (κ1) is 13.3. The van der Waals surface area contributed by atoms with E-state index in [9.17, 15) is 4.79 Å². The summed E-state index contributed by atoms with van der Waals surface area (Å²) in [4.78, 5) is 12.0. The van der Waals surface area contributed by atoms with Crippen LogP contribution in [-0.2, 0) is 11.2 Å². The summed E-state index contributed by atoms with van der Waals surface area (Å²) >= 11 is 0. The monoisotopic (exact) mass is 245 g/mol. The van der Waals surface area contributed by atoms with Crippen LogP contribution in [-0.4, -0.2) is 11.8 Å². The third-order valence-corrected chi connectivity index (χ3v) is 4.00. The van der Waals surface area contributed by atoms with Crippen molar-refractivity contribution in [3.63, 3.8) is 0 Å². The van der Waals surface area contributed by atoms with Crippen LogP contribution in [0.25, 0.3) is 0 Å². The molecule has 0 aromatic heterocycles. The molecule has 2 unspecified atom stereocenters. The Labute approximate surface area is 110 Å². The summed E-state index contributed by atoms with van der Waals surface area (Å²) in [5.74, 6) is 0.734. The standard InChI is InChI=1S/C16H23NO/c1-16(2,3)15(17)10-13(18)9-12-8-11-6-4-5-7-14(11)12/h4-7,12,15H,8-10,17H2,1-3H3. The number of benzene rings is 1. The minimum Gasteiger partial charge on any atom is -0.327 e. The van der Waals surface area contributed by atoms with Gasteiger partial charge in [0.15, 0.2) is 0 Å². The number of hydrogen-bond donors (Lipinski definition) is 1. The van der Waals surface area contributed by atoms with Gasteiger partial charge in [-0.1, -0.05) is 45.0 Å². The molecule has 98 valence electrons. The van der Waals surface area contributed by atoms with Gasteiger partial charge in [-0.05, 0) is 28.9 Å². The third-order valence-electron chi connectivity index (χ3n) is 4.00. The average Bonchev–Trinajstić information content (AvgIpc) is 2.24. The van der Waals surface area contributed by atoms with Gasteiger partial charge in [0.25, 0.3) is 0 Å². The van der Waals surface area contributed by atoms with Crippen LogP contribution in [0.5, 0.6) is 0 Å². The van der Waals surface area contributed by atoms with Crippen molar-refractivity contribution in [2.45, 2.75) is 52.0 Å². The average molecular weight is 245 g/mol. The van der Waals surface area contributed by atoms with Gasteiger partial charge in [0.2, 0.25) is 0 Å². The van der Waals surface area contributed by atoms with Crippen LogP contribution < -0.4 is 5.73 Å². The topological polar surface area (TPSA) is 43.1 Å². The van der Waals surface area contributed by atoms with Crippen molar-refractivity contribution in [1.82, 2.24) is 0 Å². The number of ketones is 1. The first-order valence-electron chi connectivity index (χ1n) is 6.73. The van der Waals surface area contributed by atoms with E-state index in [0.29, 0.717) is 24.5 Å². The van der Waals surface area contributed by atoms with Crippen molar-refractivity contribution in [3.8, 4) is 0 Å². The molecule has 1 aromatic rings. The third kappa shape index (κ3) is 2.81. The van der Waals surface area contributed by atoms with Crippen molar-refractivity contribution in [2.75, 3.05) is 0 Å². The summed E-state index contributed by atoms with van der Waals surface area (Å²) in [6.07, 6.45) is 2.20. The summed E-state index contributed by atoms with van der Waals surface area (Å²) in [5.41, 5.74) is 8.82. The molecule has 0 saturated heterocycles. The molecule has 0 radical (unpaired) electrons. The molecule has 1 aromatic carbocycles. The fourth-order valence-corrected chi connectivity index (χ4v) is 2.45. The lowest BCUT2D eigenvalue weighted by molar-refractivity contribution is -0.120. The maximum Gasteiger partial charge on any atom is 0.135 e. The largest absolute Gasteiger partial charge is 0.327 e. The lowest BCUT2D eigenvalue weighted by Gasteiger charge is -2.31. The highest BCUT2D eigenvalue weighted by molar-refractivity contribution is 5.80. The van der Waals surface area contributed by atoms with Gasteiger partial charge in [-0.15, -0.1) is 0 Å². The molecule has 0 aliphatic heterocycles. The zero-order chi connectivity index (χ0) is 13.3. The fraction of sp³-hybridized carbons (Fsp3) is 0.562. The Hall–Kier alpha value is -1.15. The van der Waals surface area contributed by atoms with E-state index >= 15 is 0 Å². The Balaban J connectivity index is 1.88. The SMILES string of the molecule is CC(C)(C)C(N)CC(=O)CC1Cc2ccccc21. The number of hydrogen-bond acceptors (Lipinski definition) is 2. The Bertz CT molecular complexity index is 445. The minimum atomic E-state index is -0.0414. The van der Waals surface area contributed by atoms with Gasteiger partial charge >= 0.3 is 0 Å². The number of rotatable bonds is 4.